The maximum Gasteiger partial charge on any atom is 0.294 e. The average molecular weight is 532 g/mol. The molecule has 0 fully saturated rings. The Morgan fingerprint density at radius 3 is 1.65 bits per heavy atom. The second kappa shape index (κ2) is 11.7. The zero-order valence-corrected chi connectivity index (χ0v) is 22.9. The maximum atomic E-state index is 13.1. The van der Waals surface area contributed by atoms with Gasteiger partial charge in [-0.25, -0.2) is 0 Å². The number of hydrogen-bond donors (Lipinski definition) is 3. The van der Waals surface area contributed by atoms with Crippen molar-refractivity contribution in [2.75, 3.05) is 25.1 Å². The van der Waals surface area contributed by atoms with Crippen LogP contribution in [0.3, 0.4) is 0 Å². The minimum atomic E-state index is -4.61. The summed E-state index contributed by atoms with van der Waals surface area (Å²) in [5, 5.41) is 7.69. The van der Waals surface area contributed by atoms with Crippen molar-refractivity contribution in [2.24, 2.45) is 10.2 Å². The van der Waals surface area contributed by atoms with E-state index in [9.17, 15) is 22.6 Å². The molecule has 4 aromatic carbocycles. The molecule has 0 atom stereocenters. The van der Waals surface area contributed by atoms with Crippen molar-refractivity contribution in [3.8, 4) is 11.5 Å². The summed E-state index contributed by atoms with van der Waals surface area (Å²) in [5.41, 5.74) is 4.22. The van der Waals surface area contributed by atoms with Gasteiger partial charge in [-0.2, -0.15) is 18.6 Å². The smallest absolute Gasteiger partial charge is 0.294 e. The van der Waals surface area contributed by atoms with Gasteiger partial charge >= 0.3 is 0 Å². The number of hydrogen-bond acceptors (Lipinski definition) is 10. The molecule has 185 valence electrons. The Morgan fingerprint density at radius 1 is 0.730 bits per heavy atom. The fourth-order valence-corrected chi connectivity index (χ4v) is 3.98. The number of anilines is 2. The summed E-state index contributed by atoms with van der Waals surface area (Å²) in [4.78, 5) is 25.6. The minimum absolute atomic E-state index is 0. The summed E-state index contributed by atoms with van der Waals surface area (Å²) in [6, 6.07) is 17.0. The quantitative estimate of drug-likeness (QED) is 0.138. The number of nitrogens with zero attached hydrogens (tertiary/aromatic N) is 2. The van der Waals surface area contributed by atoms with Crippen LogP contribution in [0.4, 0.5) is 11.4 Å². The first-order valence-electron chi connectivity index (χ1n) is 10.4. The fraction of sp³-hybridized carbons (Fsp3) is 0.0833. The monoisotopic (exact) mass is 531 g/mol. The first-order chi connectivity index (χ1) is 17.2. The average Bonchev–Trinajstić information content (AvgIpc) is 2.88. The van der Waals surface area contributed by atoms with E-state index in [4.69, 9.17) is 9.47 Å². The predicted molar refractivity (Wildman–Crippen MR) is 139 cm³/mol. The van der Waals surface area contributed by atoms with E-state index in [2.05, 4.69) is 21.1 Å². The molecule has 0 aliphatic heterocycles. The molecular weight excluding hydrogens is 511 g/mol. The molecule has 0 bridgehead atoms. The van der Waals surface area contributed by atoms with Crippen molar-refractivity contribution in [1.82, 2.24) is 0 Å². The van der Waals surface area contributed by atoms with E-state index >= 15 is 0 Å². The van der Waals surface area contributed by atoms with Crippen LogP contribution in [0.15, 0.2) is 91.4 Å². The van der Waals surface area contributed by atoms with Gasteiger partial charge in [-0.1, -0.05) is 30.3 Å². The van der Waals surface area contributed by atoms with Gasteiger partial charge in [0.15, 0.2) is 0 Å². The number of para-hydroxylation sites is 4. The maximum absolute atomic E-state index is 13.1. The van der Waals surface area contributed by atoms with Crippen LogP contribution >= 0.6 is 0 Å². The van der Waals surface area contributed by atoms with Crippen molar-refractivity contribution in [3.05, 3.63) is 97.9 Å². The molecule has 37 heavy (non-hydrogen) atoms. The van der Waals surface area contributed by atoms with Crippen molar-refractivity contribution < 1.29 is 22.4 Å². The Balaban J connectivity index is 0.00000380. The van der Waals surface area contributed by atoms with Gasteiger partial charge in [0, 0.05) is 40.3 Å². The molecule has 4 aromatic rings. The van der Waals surface area contributed by atoms with Crippen LogP contribution in [0, 0.1) is 0 Å². The Bertz CT molecular complexity index is 1800. The summed E-state index contributed by atoms with van der Waals surface area (Å²) < 4.78 is 43.6. The van der Waals surface area contributed by atoms with Crippen molar-refractivity contribution >= 4 is 61.8 Å². The van der Waals surface area contributed by atoms with Crippen molar-refractivity contribution in [3.63, 3.8) is 0 Å². The Kier molecular flexibility index (Phi) is 8.84. The molecule has 0 aromatic heterocycles. The molecule has 0 aliphatic rings. The molecule has 11 nitrogen and oxygen atoms in total. The molecule has 4 rings (SSSR count). The third-order valence-electron chi connectivity index (χ3n) is 5.23. The van der Waals surface area contributed by atoms with Gasteiger partial charge in [0.05, 0.1) is 30.5 Å². The van der Waals surface area contributed by atoms with Gasteiger partial charge in [-0.3, -0.25) is 25.0 Å². The molecule has 0 unspecified atom stereocenters. The molecule has 13 heteroatoms. The number of benzene rings is 4. The van der Waals surface area contributed by atoms with E-state index in [1.807, 2.05) is 0 Å². The minimum Gasteiger partial charge on any atom is -0.495 e. The van der Waals surface area contributed by atoms with E-state index in [1.165, 1.54) is 20.3 Å². The number of nitrogens with one attached hydrogen (secondary N) is 2. The van der Waals surface area contributed by atoms with E-state index in [-0.39, 0.29) is 51.0 Å². The summed E-state index contributed by atoms with van der Waals surface area (Å²) in [7, 11) is -1.70. The van der Waals surface area contributed by atoms with Gasteiger partial charge in [-0.05, 0) is 36.4 Å². The number of rotatable bonds is 7. The van der Waals surface area contributed by atoms with E-state index < -0.39 is 25.9 Å². The van der Waals surface area contributed by atoms with E-state index in [1.54, 1.807) is 48.5 Å². The number of fused-ring (bicyclic) bond motifs is 1. The van der Waals surface area contributed by atoms with Gasteiger partial charge in [0.1, 0.15) is 22.2 Å². The van der Waals surface area contributed by atoms with E-state index in [0.29, 0.717) is 22.9 Å². The molecule has 3 N–H and O–H groups in total. The van der Waals surface area contributed by atoms with Gasteiger partial charge in [0.2, 0.25) is 0 Å². The van der Waals surface area contributed by atoms with Gasteiger partial charge < -0.3 is 9.47 Å². The molecule has 0 amide bonds. The van der Waals surface area contributed by atoms with Crippen LogP contribution in [0.25, 0.3) is 10.8 Å². The standard InChI is InChI=1S/C24H20N4O7S.Na/c1-34-19-9-5-3-7-17(19)25-27-21-15-12-11-14(36(31,32)33)13-16(15)22(24(30)23(21)29)28-26-18-8-4-6-10-20(18)35-2;/h3-13,25-26H,1-2H3,(H,31,32,33);/b27-21+,28-22-;. The summed E-state index contributed by atoms with van der Waals surface area (Å²) in [6.07, 6.45) is 0. The zero-order chi connectivity index (χ0) is 25.9. The van der Waals surface area contributed by atoms with Crippen LogP contribution in [-0.4, -0.2) is 56.7 Å². The largest absolute Gasteiger partial charge is 0.495 e. The van der Waals surface area contributed by atoms with Crippen LogP contribution in [0.1, 0.15) is 0 Å². The van der Waals surface area contributed by atoms with Crippen LogP contribution in [0.5, 0.6) is 11.5 Å². The fourth-order valence-electron chi connectivity index (χ4n) is 3.47. The first-order valence-corrected chi connectivity index (χ1v) is 11.8. The Hall–Kier alpha value is -3.55. The van der Waals surface area contributed by atoms with Gasteiger partial charge in [0.25, 0.3) is 21.0 Å². The van der Waals surface area contributed by atoms with Crippen LogP contribution < -0.4 is 41.9 Å². The second-order valence-corrected chi connectivity index (χ2v) is 8.81. The summed E-state index contributed by atoms with van der Waals surface area (Å²) in [6.45, 7) is 0. The molecule has 0 aliphatic carbocycles. The molecule has 0 saturated carbocycles. The predicted octanol–water partition coefficient (Wildman–Crippen LogP) is 1.17. The molecule has 0 heterocycles. The van der Waals surface area contributed by atoms with Crippen LogP contribution in [0.2, 0.25) is 0 Å². The molecular formula is C24H20N4NaO7S. The normalized spacial score (nSPS) is 12.2. The number of ether oxygens (including phenoxy) is 2. The SMILES string of the molecule is COc1ccccc1N/N=c1\c(=O)c(=O)/c(=N/Nc2ccccc2OC)c2ccc(S(=O)(=O)O)cc12.[Na]. The first kappa shape index (κ1) is 28.0. The second-order valence-electron chi connectivity index (χ2n) is 7.39. The summed E-state index contributed by atoms with van der Waals surface area (Å²) >= 11 is 0. The third-order valence-corrected chi connectivity index (χ3v) is 6.08. The molecule has 0 saturated heterocycles. The Labute approximate surface area is 232 Å². The van der Waals surface area contributed by atoms with Crippen molar-refractivity contribution in [2.45, 2.75) is 4.90 Å². The molecule has 1 radical (unpaired) electrons. The number of methoxy groups -OCH3 is 2. The van der Waals surface area contributed by atoms with Crippen molar-refractivity contribution in [1.29, 1.82) is 0 Å². The topological polar surface area (TPSA) is 156 Å². The summed E-state index contributed by atoms with van der Waals surface area (Å²) in [5.74, 6) is 0.869. The van der Waals surface area contributed by atoms with E-state index in [0.717, 1.165) is 12.1 Å². The van der Waals surface area contributed by atoms with Crippen LogP contribution in [-0.2, 0) is 10.1 Å². The molecule has 0 spiro atoms. The third kappa shape index (κ3) is 5.89. The van der Waals surface area contributed by atoms with Gasteiger partial charge in [-0.15, -0.1) is 0 Å². The zero-order valence-electron chi connectivity index (χ0n) is 20.1. The Morgan fingerprint density at radius 2 is 1.19 bits per heavy atom.